The average molecular weight is 490 g/mol. The molecule has 1 amide bonds. The molecule has 1 aromatic heterocycles. The molecule has 0 spiro atoms. The highest BCUT2D eigenvalue weighted by molar-refractivity contribution is 7.99. The summed E-state index contributed by atoms with van der Waals surface area (Å²) in [6.45, 7) is 6.12. The maximum Gasteiger partial charge on any atom is 0.414 e. The molecule has 0 aliphatic rings. The molecule has 35 heavy (non-hydrogen) atoms. The molecule has 7 nitrogen and oxygen atoms in total. The number of para-hydroxylation sites is 1. The van der Waals surface area contributed by atoms with Gasteiger partial charge in [0, 0.05) is 41.8 Å². The fraction of sp³-hybridized carbons (Fsp3) is 0.222. The predicted octanol–water partition coefficient (Wildman–Crippen LogP) is 7.12. The quantitative estimate of drug-likeness (QED) is 0.213. The van der Waals surface area contributed by atoms with E-state index in [1.54, 1.807) is 25.2 Å². The summed E-state index contributed by atoms with van der Waals surface area (Å²) in [6.07, 6.45) is 1.57. The number of fused-ring (bicyclic) bond motifs is 1. The van der Waals surface area contributed by atoms with Crippen molar-refractivity contribution in [2.24, 2.45) is 0 Å². The minimum atomic E-state index is -0.600. The molecular weight excluding hydrogens is 462 g/mol. The van der Waals surface area contributed by atoms with Crippen LogP contribution in [0.1, 0.15) is 26.3 Å². The van der Waals surface area contributed by atoms with Gasteiger partial charge < -0.3 is 9.30 Å². The highest BCUT2D eigenvalue weighted by atomic mass is 32.2. The van der Waals surface area contributed by atoms with Crippen LogP contribution in [0.15, 0.2) is 88.8 Å². The average Bonchev–Trinajstić information content (AvgIpc) is 3.14. The number of nitrogens with zero attached hydrogens (tertiary/aromatic N) is 3. The van der Waals surface area contributed by atoms with Crippen molar-refractivity contribution in [2.45, 2.75) is 42.7 Å². The Hall–Kier alpha value is -3.78. The van der Waals surface area contributed by atoms with Crippen LogP contribution in [-0.4, -0.2) is 28.2 Å². The van der Waals surface area contributed by atoms with Gasteiger partial charge >= 0.3 is 6.09 Å². The standard InChI is InChI=1S/C27H27N3O4S/c1-27(2,3)34-26(31)28(4)20-14-15-21-23(16-20)29(17-19-10-6-5-7-11-19)18-25(21)35-24-13-9-8-12-22(24)30(32)33/h5-16,18H,17H2,1-4H3. The van der Waals surface area contributed by atoms with Gasteiger partial charge in [0.25, 0.3) is 5.69 Å². The number of hydrogen-bond donors (Lipinski definition) is 0. The number of benzene rings is 3. The summed E-state index contributed by atoms with van der Waals surface area (Å²) in [4.78, 5) is 26.8. The first kappa shape index (κ1) is 24.3. The van der Waals surface area contributed by atoms with Gasteiger partial charge in [-0.2, -0.15) is 0 Å². The van der Waals surface area contributed by atoms with Gasteiger partial charge in [-0.15, -0.1) is 0 Å². The number of ether oxygens (including phenoxy) is 1. The molecule has 3 aromatic carbocycles. The van der Waals surface area contributed by atoms with Crippen molar-refractivity contribution in [1.29, 1.82) is 0 Å². The molecule has 0 bridgehead atoms. The van der Waals surface area contributed by atoms with Crippen LogP contribution in [0.4, 0.5) is 16.2 Å². The largest absolute Gasteiger partial charge is 0.443 e. The zero-order valence-electron chi connectivity index (χ0n) is 20.1. The Kier molecular flexibility index (Phi) is 6.84. The molecule has 0 N–H and O–H groups in total. The number of amides is 1. The van der Waals surface area contributed by atoms with Crippen molar-refractivity contribution < 1.29 is 14.5 Å². The zero-order chi connectivity index (χ0) is 25.2. The summed E-state index contributed by atoms with van der Waals surface area (Å²) >= 11 is 1.36. The Morgan fingerprint density at radius 1 is 1.03 bits per heavy atom. The Morgan fingerprint density at radius 2 is 1.71 bits per heavy atom. The van der Waals surface area contributed by atoms with E-state index < -0.39 is 11.7 Å². The number of nitro benzene ring substituents is 1. The molecule has 0 atom stereocenters. The van der Waals surface area contributed by atoms with E-state index in [0.29, 0.717) is 17.1 Å². The first-order valence-corrected chi connectivity index (χ1v) is 12.0. The van der Waals surface area contributed by atoms with E-state index in [4.69, 9.17) is 4.74 Å². The van der Waals surface area contributed by atoms with Crippen LogP contribution in [0.5, 0.6) is 0 Å². The number of anilines is 1. The molecule has 4 aromatic rings. The topological polar surface area (TPSA) is 77.6 Å². The van der Waals surface area contributed by atoms with Crippen LogP contribution in [-0.2, 0) is 11.3 Å². The Bertz CT molecular complexity index is 1380. The predicted molar refractivity (Wildman–Crippen MR) is 139 cm³/mol. The minimum Gasteiger partial charge on any atom is -0.443 e. The van der Waals surface area contributed by atoms with Gasteiger partial charge in [-0.05, 0) is 50.6 Å². The molecule has 1 heterocycles. The molecule has 4 rings (SSSR count). The Balaban J connectivity index is 1.77. The summed E-state index contributed by atoms with van der Waals surface area (Å²) in [5.74, 6) is 0. The Morgan fingerprint density at radius 3 is 2.40 bits per heavy atom. The van der Waals surface area contributed by atoms with E-state index in [9.17, 15) is 14.9 Å². The van der Waals surface area contributed by atoms with Crippen molar-refractivity contribution in [3.8, 4) is 0 Å². The number of aromatic nitrogens is 1. The van der Waals surface area contributed by atoms with E-state index in [2.05, 4.69) is 16.7 Å². The first-order valence-electron chi connectivity index (χ1n) is 11.2. The summed E-state index contributed by atoms with van der Waals surface area (Å²) in [5, 5.41) is 12.5. The van der Waals surface area contributed by atoms with Crippen molar-refractivity contribution >= 4 is 40.1 Å². The summed E-state index contributed by atoms with van der Waals surface area (Å²) in [5.41, 5.74) is 2.21. The molecule has 0 aliphatic heterocycles. The van der Waals surface area contributed by atoms with E-state index in [-0.39, 0.29) is 10.6 Å². The normalized spacial score (nSPS) is 11.4. The molecule has 0 aliphatic carbocycles. The maximum atomic E-state index is 12.6. The molecule has 0 unspecified atom stereocenters. The van der Waals surface area contributed by atoms with Crippen LogP contribution in [0.2, 0.25) is 0 Å². The molecule has 0 fully saturated rings. The fourth-order valence-electron chi connectivity index (χ4n) is 3.70. The van der Waals surface area contributed by atoms with Crippen molar-refractivity contribution in [3.63, 3.8) is 0 Å². The number of carbonyl (C=O) groups excluding carboxylic acids is 1. The molecule has 8 heteroatoms. The van der Waals surface area contributed by atoms with Gasteiger partial charge in [0.15, 0.2) is 0 Å². The second-order valence-electron chi connectivity index (χ2n) is 9.17. The summed E-state index contributed by atoms with van der Waals surface area (Å²) < 4.78 is 7.63. The van der Waals surface area contributed by atoms with Crippen molar-refractivity contribution in [1.82, 2.24) is 4.57 Å². The molecule has 0 radical (unpaired) electrons. The van der Waals surface area contributed by atoms with Gasteiger partial charge in [0.1, 0.15) is 5.60 Å². The molecular formula is C27H27N3O4S. The first-order chi connectivity index (χ1) is 16.6. The van der Waals surface area contributed by atoms with Gasteiger partial charge in [-0.25, -0.2) is 4.79 Å². The molecule has 0 saturated heterocycles. The third-order valence-corrected chi connectivity index (χ3v) is 6.47. The monoisotopic (exact) mass is 489 g/mol. The lowest BCUT2D eigenvalue weighted by Crippen LogP contribution is -2.34. The van der Waals surface area contributed by atoms with Crippen molar-refractivity contribution in [2.75, 3.05) is 11.9 Å². The van der Waals surface area contributed by atoms with E-state index in [1.165, 1.54) is 22.7 Å². The highest BCUT2D eigenvalue weighted by Crippen LogP contribution is 2.40. The van der Waals surface area contributed by atoms with Crippen LogP contribution >= 0.6 is 11.8 Å². The van der Waals surface area contributed by atoms with Gasteiger partial charge in [0.05, 0.1) is 15.3 Å². The summed E-state index contributed by atoms with van der Waals surface area (Å²) in [6, 6.07) is 22.6. The van der Waals surface area contributed by atoms with E-state index in [0.717, 1.165) is 21.4 Å². The summed E-state index contributed by atoms with van der Waals surface area (Å²) in [7, 11) is 1.68. The van der Waals surface area contributed by atoms with Gasteiger partial charge in [-0.3, -0.25) is 15.0 Å². The van der Waals surface area contributed by atoms with Gasteiger partial charge in [-0.1, -0.05) is 54.2 Å². The maximum absolute atomic E-state index is 12.6. The Labute approximate surface area is 208 Å². The second kappa shape index (κ2) is 9.84. The second-order valence-corrected chi connectivity index (χ2v) is 10.3. The lowest BCUT2D eigenvalue weighted by atomic mass is 10.2. The van der Waals surface area contributed by atoms with Crippen molar-refractivity contribution in [3.05, 3.63) is 94.7 Å². The lowest BCUT2D eigenvalue weighted by Gasteiger charge is -2.24. The van der Waals surface area contributed by atoms with E-state index in [1.807, 2.05) is 63.4 Å². The van der Waals surface area contributed by atoms with Crippen LogP contribution in [0.25, 0.3) is 10.9 Å². The number of rotatable bonds is 6. The highest BCUT2D eigenvalue weighted by Gasteiger charge is 2.22. The molecule has 180 valence electrons. The third-order valence-electron chi connectivity index (χ3n) is 5.36. The van der Waals surface area contributed by atoms with Crippen LogP contribution < -0.4 is 4.90 Å². The SMILES string of the molecule is CN(C(=O)OC(C)(C)C)c1ccc2c(Sc3ccccc3[N+](=O)[O-])cn(Cc3ccccc3)c2c1. The third kappa shape index (κ3) is 5.66. The fourth-order valence-corrected chi connectivity index (χ4v) is 4.79. The van der Waals surface area contributed by atoms with E-state index >= 15 is 0 Å². The number of carbonyl (C=O) groups is 1. The lowest BCUT2D eigenvalue weighted by molar-refractivity contribution is -0.387. The number of nitro groups is 1. The van der Waals surface area contributed by atoms with Crippen LogP contribution in [0.3, 0.4) is 0 Å². The minimum absolute atomic E-state index is 0.0720. The van der Waals surface area contributed by atoms with Gasteiger partial charge in [0.2, 0.25) is 0 Å². The van der Waals surface area contributed by atoms with Crippen LogP contribution in [0, 0.1) is 10.1 Å². The smallest absolute Gasteiger partial charge is 0.414 e. The number of hydrogen-bond acceptors (Lipinski definition) is 5. The zero-order valence-corrected chi connectivity index (χ0v) is 20.9. The molecule has 0 saturated carbocycles.